The summed E-state index contributed by atoms with van der Waals surface area (Å²) in [5, 5.41) is 9.13. The minimum Gasteiger partial charge on any atom is -0.390 e. The molecule has 0 amide bonds. The van der Waals surface area contributed by atoms with E-state index in [1.807, 2.05) is 20.8 Å². The number of ether oxygens (including phenoxy) is 1. The first kappa shape index (κ1) is 8.92. The van der Waals surface area contributed by atoms with Gasteiger partial charge in [0.1, 0.15) is 0 Å². The van der Waals surface area contributed by atoms with Crippen molar-refractivity contribution in [3.05, 3.63) is 0 Å². The van der Waals surface area contributed by atoms with Crippen LogP contribution in [0.25, 0.3) is 0 Å². The van der Waals surface area contributed by atoms with Crippen LogP contribution in [0.3, 0.4) is 0 Å². The Hall–Kier alpha value is -0.0800. The van der Waals surface area contributed by atoms with E-state index in [0.717, 1.165) is 0 Å². The number of aliphatic hydroxyl groups excluding tert-OH is 1. The predicted octanol–water partition coefficient (Wildman–Crippen LogP) is 1.04. The van der Waals surface area contributed by atoms with Crippen LogP contribution in [0.4, 0.5) is 0 Å². The van der Waals surface area contributed by atoms with Gasteiger partial charge in [-0.15, -0.1) is 0 Å². The first-order chi connectivity index (χ1) is 4.18. The molecule has 0 radical (unpaired) electrons. The Morgan fingerprint density at radius 2 is 2.00 bits per heavy atom. The quantitative estimate of drug-likeness (QED) is 0.619. The molecule has 0 rings (SSSR count). The van der Waals surface area contributed by atoms with E-state index in [9.17, 15) is 0 Å². The molecule has 0 saturated heterocycles. The molecular weight excluding hydrogens is 116 g/mol. The summed E-state index contributed by atoms with van der Waals surface area (Å²) in [6.07, 6.45) is -0.301. The van der Waals surface area contributed by atoms with E-state index >= 15 is 0 Å². The lowest BCUT2D eigenvalue weighted by atomic mass is 10.1. The second-order valence-corrected chi connectivity index (χ2v) is 2.47. The molecule has 0 bridgehead atoms. The monoisotopic (exact) mass is 132 g/mol. The van der Waals surface area contributed by atoms with Gasteiger partial charge in [-0.25, -0.2) is 0 Å². The maximum Gasteiger partial charge on any atom is 0.0796 e. The molecule has 2 heteroatoms. The van der Waals surface area contributed by atoms with Crippen LogP contribution in [0.1, 0.15) is 20.8 Å². The molecule has 1 atom stereocenters. The summed E-state index contributed by atoms with van der Waals surface area (Å²) < 4.78 is 5.01. The summed E-state index contributed by atoms with van der Waals surface area (Å²) in [6.45, 7) is 7.03. The minimum absolute atomic E-state index is 0.301. The zero-order chi connectivity index (χ0) is 7.28. The molecule has 1 N–H and O–H groups in total. The molecule has 0 aliphatic rings. The Bertz CT molecular complexity index is 61.9. The Balaban J connectivity index is 3.16. The molecule has 0 aromatic carbocycles. The number of aliphatic hydroxyl groups is 1. The van der Waals surface area contributed by atoms with Gasteiger partial charge in [-0.1, -0.05) is 13.8 Å². The van der Waals surface area contributed by atoms with Crippen molar-refractivity contribution in [2.24, 2.45) is 5.92 Å². The van der Waals surface area contributed by atoms with Crippen LogP contribution in [0, 0.1) is 5.92 Å². The third-order valence-corrected chi connectivity index (χ3v) is 1.26. The van der Waals surface area contributed by atoms with Gasteiger partial charge in [0.25, 0.3) is 0 Å². The van der Waals surface area contributed by atoms with E-state index in [1.54, 1.807) is 0 Å². The Morgan fingerprint density at radius 1 is 1.44 bits per heavy atom. The van der Waals surface area contributed by atoms with Crippen LogP contribution < -0.4 is 0 Å². The lowest BCUT2D eigenvalue weighted by Gasteiger charge is -2.12. The fraction of sp³-hybridized carbons (Fsp3) is 1.00. The van der Waals surface area contributed by atoms with Gasteiger partial charge >= 0.3 is 0 Å². The summed E-state index contributed by atoms with van der Waals surface area (Å²) >= 11 is 0. The molecule has 0 unspecified atom stereocenters. The fourth-order valence-corrected chi connectivity index (χ4v) is 0.431. The second-order valence-electron chi connectivity index (χ2n) is 2.47. The summed E-state index contributed by atoms with van der Waals surface area (Å²) in [4.78, 5) is 0. The third-order valence-electron chi connectivity index (χ3n) is 1.26. The van der Waals surface area contributed by atoms with Gasteiger partial charge in [0.15, 0.2) is 0 Å². The van der Waals surface area contributed by atoms with Crippen molar-refractivity contribution < 1.29 is 9.84 Å². The average Bonchev–Trinajstić information content (AvgIpc) is 1.82. The highest BCUT2D eigenvalue weighted by Crippen LogP contribution is 2.00. The van der Waals surface area contributed by atoms with Crippen LogP contribution in [-0.2, 0) is 4.74 Å². The summed E-state index contributed by atoms with van der Waals surface area (Å²) in [7, 11) is 0. The Kier molecular flexibility index (Phi) is 4.72. The zero-order valence-electron chi connectivity index (χ0n) is 6.42. The highest BCUT2D eigenvalue weighted by atomic mass is 16.5. The van der Waals surface area contributed by atoms with Crippen LogP contribution >= 0.6 is 0 Å². The molecule has 0 heterocycles. The van der Waals surface area contributed by atoms with E-state index in [0.29, 0.717) is 19.1 Å². The molecule has 0 saturated carbocycles. The van der Waals surface area contributed by atoms with E-state index in [1.165, 1.54) is 0 Å². The molecule has 2 nitrogen and oxygen atoms in total. The van der Waals surface area contributed by atoms with Gasteiger partial charge in [0.05, 0.1) is 12.7 Å². The fourth-order valence-electron chi connectivity index (χ4n) is 0.431. The van der Waals surface area contributed by atoms with Crippen molar-refractivity contribution >= 4 is 0 Å². The third kappa shape index (κ3) is 4.43. The largest absolute Gasteiger partial charge is 0.390 e. The molecule has 9 heavy (non-hydrogen) atoms. The van der Waals surface area contributed by atoms with E-state index < -0.39 is 0 Å². The van der Waals surface area contributed by atoms with Gasteiger partial charge in [0.2, 0.25) is 0 Å². The van der Waals surface area contributed by atoms with Gasteiger partial charge in [0, 0.05) is 6.61 Å². The highest BCUT2D eigenvalue weighted by Gasteiger charge is 2.07. The minimum atomic E-state index is -0.301. The van der Waals surface area contributed by atoms with Gasteiger partial charge in [-0.2, -0.15) is 0 Å². The smallest absolute Gasteiger partial charge is 0.0796 e. The second kappa shape index (κ2) is 4.77. The van der Waals surface area contributed by atoms with E-state index in [-0.39, 0.29) is 6.10 Å². The standard InChI is InChI=1S/C7H16O2/c1-4-9-5-7(8)6(2)3/h6-8H,4-5H2,1-3H3/t7-/m1/s1. The highest BCUT2D eigenvalue weighted by molar-refractivity contribution is 4.56. The lowest BCUT2D eigenvalue weighted by Crippen LogP contribution is -2.21. The molecular formula is C7H16O2. The Morgan fingerprint density at radius 3 is 2.33 bits per heavy atom. The first-order valence-corrected chi connectivity index (χ1v) is 3.44. The molecule has 56 valence electrons. The summed E-state index contributed by atoms with van der Waals surface area (Å²) in [5.74, 6) is 0.302. The maximum atomic E-state index is 9.13. The molecule has 0 aromatic heterocycles. The zero-order valence-corrected chi connectivity index (χ0v) is 6.42. The van der Waals surface area contributed by atoms with E-state index in [4.69, 9.17) is 9.84 Å². The van der Waals surface area contributed by atoms with Crippen LogP contribution in [-0.4, -0.2) is 24.4 Å². The van der Waals surface area contributed by atoms with Crippen molar-refractivity contribution in [1.82, 2.24) is 0 Å². The molecule has 0 fully saturated rings. The van der Waals surface area contributed by atoms with E-state index in [2.05, 4.69) is 0 Å². The molecule has 0 aliphatic carbocycles. The van der Waals surface area contributed by atoms with Crippen LogP contribution in [0.15, 0.2) is 0 Å². The topological polar surface area (TPSA) is 29.5 Å². The average molecular weight is 132 g/mol. The SMILES string of the molecule is CCOC[C@@H](O)C(C)C. The molecule has 0 aromatic rings. The van der Waals surface area contributed by atoms with Crippen molar-refractivity contribution in [2.45, 2.75) is 26.9 Å². The maximum absolute atomic E-state index is 9.13. The number of hydrogen-bond acceptors (Lipinski definition) is 2. The molecule has 0 spiro atoms. The normalized spacial score (nSPS) is 14.3. The predicted molar refractivity (Wildman–Crippen MR) is 37.3 cm³/mol. The van der Waals surface area contributed by atoms with Crippen molar-refractivity contribution in [2.75, 3.05) is 13.2 Å². The number of rotatable bonds is 4. The van der Waals surface area contributed by atoms with Crippen molar-refractivity contribution in [3.63, 3.8) is 0 Å². The van der Waals surface area contributed by atoms with Crippen molar-refractivity contribution in [3.8, 4) is 0 Å². The van der Waals surface area contributed by atoms with Gasteiger partial charge in [-0.3, -0.25) is 0 Å². The first-order valence-electron chi connectivity index (χ1n) is 3.44. The van der Waals surface area contributed by atoms with Crippen LogP contribution in [0.2, 0.25) is 0 Å². The lowest BCUT2D eigenvalue weighted by molar-refractivity contribution is 0.0179. The van der Waals surface area contributed by atoms with Crippen LogP contribution in [0.5, 0.6) is 0 Å². The molecule has 0 aliphatic heterocycles. The number of hydrogen-bond donors (Lipinski definition) is 1. The van der Waals surface area contributed by atoms with Gasteiger partial charge < -0.3 is 9.84 Å². The van der Waals surface area contributed by atoms with Crippen molar-refractivity contribution in [1.29, 1.82) is 0 Å². The van der Waals surface area contributed by atoms with Gasteiger partial charge in [-0.05, 0) is 12.8 Å². The summed E-state index contributed by atoms with van der Waals surface area (Å²) in [5.41, 5.74) is 0. The summed E-state index contributed by atoms with van der Waals surface area (Å²) in [6, 6.07) is 0. The Labute approximate surface area is 56.8 Å².